The average Bonchev–Trinajstić information content (AvgIpc) is 2.20. The lowest BCUT2D eigenvalue weighted by Crippen LogP contribution is -2.30. The summed E-state index contributed by atoms with van der Waals surface area (Å²) in [6.07, 6.45) is 0.793. The summed E-state index contributed by atoms with van der Waals surface area (Å²) in [4.78, 5) is 11.5. The highest BCUT2D eigenvalue weighted by molar-refractivity contribution is 5.82. The van der Waals surface area contributed by atoms with Crippen LogP contribution in [-0.2, 0) is 14.3 Å². The lowest BCUT2D eigenvalue weighted by Gasteiger charge is -2.10. The van der Waals surface area contributed by atoms with E-state index in [9.17, 15) is 4.79 Å². The van der Waals surface area contributed by atoms with Crippen LogP contribution >= 0.6 is 0 Å². The van der Waals surface area contributed by atoms with Gasteiger partial charge in [0.05, 0.1) is 13.2 Å². The van der Waals surface area contributed by atoms with Gasteiger partial charge in [0.2, 0.25) is 0 Å². The second-order valence-electron chi connectivity index (χ2n) is 3.32. The molecule has 4 heteroatoms. The molecule has 0 aromatic heterocycles. The monoisotopic (exact) mass is 203 g/mol. The van der Waals surface area contributed by atoms with Gasteiger partial charge in [0, 0.05) is 33.3 Å². The molecule has 0 spiro atoms. The maximum atomic E-state index is 11.5. The van der Waals surface area contributed by atoms with E-state index in [1.54, 1.807) is 14.2 Å². The van der Waals surface area contributed by atoms with Gasteiger partial charge in [-0.2, -0.15) is 0 Å². The zero-order valence-corrected chi connectivity index (χ0v) is 9.34. The van der Waals surface area contributed by atoms with Crippen molar-refractivity contribution >= 4 is 5.78 Å². The van der Waals surface area contributed by atoms with E-state index in [-0.39, 0.29) is 11.7 Å². The second kappa shape index (κ2) is 9.12. The Bertz CT molecular complexity index is 150. The molecule has 0 aromatic rings. The molecule has 1 N–H and O–H groups in total. The van der Waals surface area contributed by atoms with Gasteiger partial charge in [-0.25, -0.2) is 0 Å². The smallest absolute Gasteiger partial charge is 0.149 e. The standard InChI is InChI=1S/C10H21NO3/c1-9(4-6-13-2)10(12)8-11-5-7-14-3/h9,11H,4-8H2,1-3H3. The molecular formula is C10H21NO3. The lowest BCUT2D eigenvalue weighted by molar-refractivity contribution is -0.122. The zero-order chi connectivity index (χ0) is 10.8. The first-order valence-electron chi connectivity index (χ1n) is 4.93. The number of Topliss-reactive ketones (excluding diaryl/α,β-unsaturated/α-hetero) is 1. The number of ketones is 1. The van der Waals surface area contributed by atoms with E-state index in [0.717, 1.165) is 13.0 Å². The van der Waals surface area contributed by atoms with Gasteiger partial charge in [-0.15, -0.1) is 0 Å². The van der Waals surface area contributed by atoms with Crippen LogP contribution in [0, 0.1) is 5.92 Å². The second-order valence-corrected chi connectivity index (χ2v) is 3.32. The minimum absolute atomic E-state index is 0.0741. The maximum Gasteiger partial charge on any atom is 0.149 e. The van der Waals surface area contributed by atoms with Gasteiger partial charge in [0.25, 0.3) is 0 Å². The Morgan fingerprint density at radius 2 is 1.93 bits per heavy atom. The summed E-state index contributed by atoms with van der Waals surface area (Å²) >= 11 is 0. The van der Waals surface area contributed by atoms with Crippen LogP contribution in [0.4, 0.5) is 0 Å². The molecule has 0 fully saturated rings. The van der Waals surface area contributed by atoms with Gasteiger partial charge in [0.15, 0.2) is 0 Å². The highest BCUT2D eigenvalue weighted by Crippen LogP contribution is 2.02. The number of rotatable bonds is 9. The predicted octanol–water partition coefficient (Wildman–Crippen LogP) is 0.464. The number of carbonyl (C=O) groups is 1. The first-order chi connectivity index (χ1) is 6.72. The van der Waals surface area contributed by atoms with Crippen molar-refractivity contribution < 1.29 is 14.3 Å². The quantitative estimate of drug-likeness (QED) is 0.553. The van der Waals surface area contributed by atoms with Crippen LogP contribution in [0.1, 0.15) is 13.3 Å². The van der Waals surface area contributed by atoms with E-state index in [2.05, 4.69) is 5.32 Å². The molecule has 0 aliphatic carbocycles. The molecule has 0 amide bonds. The minimum Gasteiger partial charge on any atom is -0.385 e. The van der Waals surface area contributed by atoms with Crippen molar-refractivity contribution in [2.24, 2.45) is 5.92 Å². The Morgan fingerprint density at radius 1 is 1.29 bits per heavy atom. The highest BCUT2D eigenvalue weighted by Gasteiger charge is 2.11. The van der Waals surface area contributed by atoms with E-state index in [1.807, 2.05) is 6.92 Å². The number of hydrogen-bond donors (Lipinski definition) is 1. The van der Waals surface area contributed by atoms with Crippen molar-refractivity contribution in [1.82, 2.24) is 5.32 Å². The van der Waals surface area contributed by atoms with Gasteiger partial charge < -0.3 is 14.8 Å². The van der Waals surface area contributed by atoms with E-state index < -0.39 is 0 Å². The molecule has 0 saturated carbocycles. The molecule has 1 unspecified atom stereocenters. The number of methoxy groups -OCH3 is 2. The van der Waals surface area contributed by atoms with Crippen LogP contribution in [0.2, 0.25) is 0 Å². The average molecular weight is 203 g/mol. The highest BCUT2D eigenvalue weighted by atomic mass is 16.5. The number of hydrogen-bond acceptors (Lipinski definition) is 4. The Kier molecular flexibility index (Phi) is 8.83. The van der Waals surface area contributed by atoms with Crippen LogP contribution in [0.25, 0.3) is 0 Å². The number of ether oxygens (including phenoxy) is 2. The van der Waals surface area contributed by atoms with Crippen molar-refractivity contribution in [1.29, 1.82) is 0 Å². The minimum atomic E-state index is 0.0741. The number of nitrogens with one attached hydrogen (secondary N) is 1. The molecule has 0 heterocycles. The van der Waals surface area contributed by atoms with Gasteiger partial charge in [-0.3, -0.25) is 4.79 Å². The molecular weight excluding hydrogens is 182 g/mol. The van der Waals surface area contributed by atoms with Crippen molar-refractivity contribution in [3.05, 3.63) is 0 Å². The SMILES string of the molecule is COCCNCC(=O)C(C)CCOC. The topological polar surface area (TPSA) is 47.6 Å². The zero-order valence-electron chi connectivity index (χ0n) is 9.34. The summed E-state index contributed by atoms with van der Waals surface area (Å²) in [5.74, 6) is 0.308. The molecule has 84 valence electrons. The van der Waals surface area contributed by atoms with E-state index in [4.69, 9.17) is 9.47 Å². The molecule has 0 saturated heterocycles. The molecule has 0 aliphatic rings. The summed E-state index contributed by atoms with van der Waals surface area (Å²) < 4.78 is 9.77. The Balaban J connectivity index is 3.42. The Labute approximate surface area is 86.0 Å². The predicted molar refractivity (Wildman–Crippen MR) is 55.4 cm³/mol. The van der Waals surface area contributed by atoms with E-state index in [1.165, 1.54) is 0 Å². The maximum absolute atomic E-state index is 11.5. The van der Waals surface area contributed by atoms with Crippen molar-refractivity contribution in [2.75, 3.05) is 40.5 Å². The third kappa shape index (κ3) is 7.00. The molecule has 0 bridgehead atoms. The van der Waals surface area contributed by atoms with E-state index >= 15 is 0 Å². The van der Waals surface area contributed by atoms with Crippen molar-refractivity contribution in [3.8, 4) is 0 Å². The molecule has 4 nitrogen and oxygen atoms in total. The molecule has 1 atom stereocenters. The number of carbonyl (C=O) groups excluding carboxylic acids is 1. The van der Waals surface area contributed by atoms with Crippen LogP contribution in [0.3, 0.4) is 0 Å². The fourth-order valence-corrected chi connectivity index (χ4v) is 1.02. The van der Waals surface area contributed by atoms with Gasteiger partial charge in [-0.05, 0) is 6.42 Å². The summed E-state index contributed by atoms with van der Waals surface area (Å²) in [5, 5.41) is 3.03. The molecule has 0 radical (unpaired) electrons. The fourth-order valence-electron chi connectivity index (χ4n) is 1.02. The summed E-state index contributed by atoms with van der Waals surface area (Å²) in [6, 6.07) is 0. The summed E-state index contributed by atoms with van der Waals surface area (Å²) in [5.41, 5.74) is 0. The van der Waals surface area contributed by atoms with Gasteiger partial charge in [0.1, 0.15) is 5.78 Å². The Hall–Kier alpha value is -0.450. The van der Waals surface area contributed by atoms with E-state index in [0.29, 0.717) is 19.8 Å². The largest absolute Gasteiger partial charge is 0.385 e. The van der Waals surface area contributed by atoms with Gasteiger partial charge in [-0.1, -0.05) is 6.92 Å². The van der Waals surface area contributed by atoms with Crippen molar-refractivity contribution in [2.45, 2.75) is 13.3 Å². The normalized spacial score (nSPS) is 12.8. The third-order valence-corrected chi connectivity index (χ3v) is 2.09. The van der Waals surface area contributed by atoms with Crippen LogP contribution in [-0.4, -0.2) is 46.3 Å². The fraction of sp³-hybridized carbons (Fsp3) is 0.900. The molecule has 0 rings (SSSR count). The lowest BCUT2D eigenvalue weighted by atomic mass is 10.0. The first-order valence-corrected chi connectivity index (χ1v) is 4.93. The molecule has 0 aliphatic heterocycles. The van der Waals surface area contributed by atoms with Crippen LogP contribution in [0.5, 0.6) is 0 Å². The first kappa shape index (κ1) is 13.5. The summed E-state index contributed by atoms with van der Waals surface area (Å²) in [7, 11) is 3.29. The van der Waals surface area contributed by atoms with Crippen molar-refractivity contribution in [3.63, 3.8) is 0 Å². The van der Waals surface area contributed by atoms with Crippen LogP contribution in [0.15, 0.2) is 0 Å². The Morgan fingerprint density at radius 3 is 2.50 bits per heavy atom. The van der Waals surface area contributed by atoms with Crippen LogP contribution < -0.4 is 5.32 Å². The summed E-state index contributed by atoms with van der Waals surface area (Å²) in [6.45, 7) is 4.36. The third-order valence-electron chi connectivity index (χ3n) is 2.09. The van der Waals surface area contributed by atoms with Gasteiger partial charge >= 0.3 is 0 Å². The molecule has 14 heavy (non-hydrogen) atoms. The molecule has 0 aromatic carbocycles.